The Kier molecular flexibility index (Phi) is 8.67. The summed E-state index contributed by atoms with van der Waals surface area (Å²) in [6, 6.07) is 10.7. The third kappa shape index (κ3) is 6.91. The third-order valence-electron chi connectivity index (χ3n) is 4.77. The van der Waals surface area contributed by atoms with Gasteiger partial charge in [0.05, 0.1) is 6.04 Å². The molecule has 134 valence electrons. The number of nitrogens with zero attached hydrogens (tertiary/aromatic N) is 2. The van der Waals surface area contributed by atoms with Crippen LogP contribution in [0.25, 0.3) is 0 Å². The maximum absolute atomic E-state index is 4.33. The van der Waals surface area contributed by atoms with Gasteiger partial charge in [0.1, 0.15) is 0 Å². The number of piperidine rings is 1. The number of benzene rings is 1. The maximum atomic E-state index is 4.33. The van der Waals surface area contributed by atoms with Crippen molar-refractivity contribution in [1.82, 2.24) is 15.5 Å². The Morgan fingerprint density at radius 2 is 1.83 bits per heavy atom. The molecular formula is C20H34N4. The second-order valence-electron chi connectivity index (χ2n) is 6.74. The first-order chi connectivity index (χ1) is 11.8. The van der Waals surface area contributed by atoms with E-state index in [-0.39, 0.29) is 6.04 Å². The van der Waals surface area contributed by atoms with E-state index in [2.05, 4.69) is 51.7 Å². The number of hydrogen-bond acceptors (Lipinski definition) is 2. The molecule has 1 aliphatic heterocycles. The highest BCUT2D eigenvalue weighted by Crippen LogP contribution is 2.11. The summed E-state index contributed by atoms with van der Waals surface area (Å²) in [6.45, 7) is 7.05. The molecule has 0 spiro atoms. The summed E-state index contributed by atoms with van der Waals surface area (Å²) in [5.41, 5.74) is 1.28. The van der Waals surface area contributed by atoms with Gasteiger partial charge in [-0.25, -0.2) is 0 Å². The van der Waals surface area contributed by atoms with Crippen molar-refractivity contribution in [2.24, 2.45) is 4.99 Å². The van der Waals surface area contributed by atoms with Crippen LogP contribution in [0.4, 0.5) is 0 Å². The third-order valence-corrected chi connectivity index (χ3v) is 4.77. The Labute approximate surface area is 147 Å². The minimum Gasteiger partial charge on any atom is -0.356 e. The van der Waals surface area contributed by atoms with Crippen molar-refractivity contribution < 1.29 is 0 Å². The van der Waals surface area contributed by atoms with Crippen molar-refractivity contribution in [2.45, 2.75) is 51.5 Å². The standard InChI is InChI=1S/C20H34N4/c1-18(19-12-6-3-7-13-19)23-20(21-2)22-14-8-4-9-15-24-16-10-5-11-17-24/h3,6-7,12-13,18H,4-5,8-11,14-17H2,1-2H3,(H2,21,22,23). The molecule has 0 bridgehead atoms. The Morgan fingerprint density at radius 3 is 2.54 bits per heavy atom. The molecule has 1 unspecified atom stereocenters. The van der Waals surface area contributed by atoms with Crippen molar-refractivity contribution >= 4 is 5.96 Å². The molecule has 4 heteroatoms. The molecule has 1 aliphatic rings. The normalized spacial score (nSPS) is 17.5. The van der Waals surface area contributed by atoms with Gasteiger partial charge in [-0.2, -0.15) is 0 Å². The number of likely N-dealkylation sites (tertiary alicyclic amines) is 1. The van der Waals surface area contributed by atoms with Crippen molar-refractivity contribution in [2.75, 3.05) is 33.2 Å². The minimum absolute atomic E-state index is 0.261. The summed E-state index contributed by atoms with van der Waals surface area (Å²) in [5, 5.41) is 6.89. The smallest absolute Gasteiger partial charge is 0.191 e. The summed E-state index contributed by atoms with van der Waals surface area (Å²) in [4.78, 5) is 6.95. The lowest BCUT2D eigenvalue weighted by atomic mass is 10.1. The first kappa shape index (κ1) is 18.8. The molecule has 1 atom stereocenters. The van der Waals surface area contributed by atoms with Crippen molar-refractivity contribution in [3.63, 3.8) is 0 Å². The molecular weight excluding hydrogens is 296 g/mol. The SMILES string of the molecule is CN=C(NCCCCCN1CCCCC1)NC(C)c1ccccc1. The van der Waals surface area contributed by atoms with Gasteiger partial charge in [0.25, 0.3) is 0 Å². The van der Waals surface area contributed by atoms with Crippen LogP contribution >= 0.6 is 0 Å². The largest absolute Gasteiger partial charge is 0.356 e. The Morgan fingerprint density at radius 1 is 1.08 bits per heavy atom. The first-order valence-electron chi connectivity index (χ1n) is 9.54. The molecule has 1 aromatic rings. The van der Waals surface area contributed by atoms with E-state index in [1.165, 1.54) is 63.7 Å². The van der Waals surface area contributed by atoms with E-state index >= 15 is 0 Å². The molecule has 0 aliphatic carbocycles. The predicted octanol–water partition coefficient (Wildman–Crippen LogP) is 3.57. The molecule has 0 saturated carbocycles. The molecule has 2 rings (SSSR count). The zero-order valence-corrected chi connectivity index (χ0v) is 15.4. The van der Waals surface area contributed by atoms with E-state index in [4.69, 9.17) is 0 Å². The highest BCUT2D eigenvalue weighted by atomic mass is 15.2. The van der Waals surface area contributed by atoms with E-state index < -0.39 is 0 Å². The van der Waals surface area contributed by atoms with Crippen LogP contribution in [0.1, 0.15) is 57.1 Å². The molecule has 4 nitrogen and oxygen atoms in total. The lowest BCUT2D eigenvalue weighted by Gasteiger charge is -2.26. The topological polar surface area (TPSA) is 39.7 Å². The zero-order chi connectivity index (χ0) is 17.0. The highest BCUT2D eigenvalue weighted by molar-refractivity contribution is 5.80. The van der Waals surface area contributed by atoms with E-state index in [1.807, 2.05) is 13.1 Å². The molecule has 1 saturated heterocycles. The van der Waals surface area contributed by atoms with E-state index in [0.29, 0.717) is 0 Å². The van der Waals surface area contributed by atoms with Crippen LogP contribution in [0.15, 0.2) is 35.3 Å². The summed E-state index contributed by atoms with van der Waals surface area (Å²) >= 11 is 0. The number of guanidine groups is 1. The Hall–Kier alpha value is -1.55. The molecule has 1 aromatic carbocycles. The predicted molar refractivity (Wildman–Crippen MR) is 103 cm³/mol. The summed E-state index contributed by atoms with van der Waals surface area (Å²) in [7, 11) is 1.84. The molecule has 2 N–H and O–H groups in total. The van der Waals surface area contributed by atoms with Crippen LogP contribution in [0.5, 0.6) is 0 Å². The van der Waals surface area contributed by atoms with Crippen LogP contribution in [-0.4, -0.2) is 44.1 Å². The zero-order valence-electron chi connectivity index (χ0n) is 15.4. The first-order valence-corrected chi connectivity index (χ1v) is 9.54. The number of unbranched alkanes of at least 4 members (excludes halogenated alkanes) is 2. The van der Waals surface area contributed by atoms with Gasteiger partial charge in [0.15, 0.2) is 5.96 Å². The molecule has 1 fully saturated rings. The van der Waals surface area contributed by atoms with E-state index in [9.17, 15) is 0 Å². The van der Waals surface area contributed by atoms with Crippen molar-refractivity contribution in [3.8, 4) is 0 Å². The number of rotatable bonds is 8. The molecule has 0 amide bonds. The summed E-state index contributed by atoms with van der Waals surface area (Å²) in [6.07, 6.45) is 8.01. The quantitative estimate of drug-likeness (QED) is 0.435. The van der Waals surface area contributed by atoms with Crippen LogP contribution < -0.4 is 10.6 Å². The van der Waals surface area contributed by atoms with Crippen LogP contribution in [0.2, 0.25) is 0 Å². The monoisotopic (exact) mass is 330 g/mol. The minimum atomic E-state index is 0.261. The van der Waals surface area contributed by atoms with Gasteiger partial charge in [-0.3, -0.25) is 4.99 Å². The number of nitrogens with one attached hydrogen (secondary N) is 2. The molecule has 0 aromatic heterocycles. The summed E-state index contributed by atoms with van der Waals surface area (Å²) < 4.78 is 0. The number of hydrogen-bond donors (Lipinski definition) is 2. The van der Waals surface area contributed by atoms with Gasteiger partial charge in [-0.05, 0) is 57.8 Å². The molecule has 24 heavy (non-hydrogen) atoms. The molecule has 1 heterocycles. The van der Waals surface area contributed by atoms with Gasteiger partial charge in [-0.1, -0.05) is 43.2 Å². The van der Waals surface area contributed by atoms with Gasteiger partial charge < -0.3 is 15.5 Å². The lowest BCUT2D eigenvalue weighted by molar-refractivity contribution is 0.224. The van der Waals surface area contributed by atoms with Gasteiger partial charge in [0, 0.05) is 13.6 Å². The fourth-order valence-electron chi connectivity index (χ4n) is 3.25. The fraction of sp³-hybridized carbons (Fsp3) is 0.650. The second-order valence-corrected chi connectivity index (χ2v) is 6.74. The Balaban J connectivity index is 1.56. The van der Waals surface area contributed by atoms with E-state index in [0.717, 1.165) is 12.5 Å². The maximum Gasteiger partial charge on any atom is 0.191 e. The van der Waals surface area contributed by atoms with Crippen molar-refractivity contribution in [3.05, 3.63) is 35.9 Å². The van der Waals surface area contributed by atoms with Crippen LogP contribution in [-0.2, 0) is 0 Å². The molecule has 0 radical (unpaired) electrons. The fourth-order valence-corrected chi connectivity index (χ4v) is 3.25. The van der Waals surface area contributed by atoms with Gasteiger partial charge in [-0.15, -0.1) is 0 Å². The highest BCUT2D eigenvalue weighted by Gasteiger charge is 2.09. The van der Waals surface area contributed by atoms with Gasteiger partial charge in [0.2, 0.25) is 0 Å². The number of aliphatic imine (C=N–C) groups is 1. The van der Waals surface area contributed by atoms with E-state index in [1.54, 1.807) is 0 Å². The van der Waals surface area contributed by atoms with Gasteiger partial charge >= 0.3 is 0 Å². The Bertz CT molecular complexity index is 466. The van der Waals surface area contributed by atoms with Crippen LogP contribution in [0.3, 0.4) is 0 Å². The average Bonchev–Trinajstić information content (AvgIpc) is 2.65. The van der Waals surface area contributed by atoms with Crippen LogP contribution in [0, 0.1) is 0 Å². The summed E-state index contributed by atoms with van der Waals surface area (Å²) in [5.74, 6) is 0.891. The van der Waals surface area contributed by atoms with Crippen molar-refractivity contribution in [1.29, 1.82) is 0 Å². The average molecular weight is 331 g/mol. The second kappa shape index (κ2) is 11.1. The lowest BCUT2D eigenvalue weighted by Crippen LogP contribution is -2.39.